The highest BCUT2D eigenvalue weighted by Gasteiger charge is 2.01. The van der Waals surface area contributed by atoms with Crippen LogP contribution in [0.1, 0.15) is 6.92 Å². The lowest BCUT2D eigenvalue weighted by Crippen LogP contribution is -2.14. The van der Waals surface area contributed by atoms with Crippen molar-refractivity contribution in [1.29, 1.82) is 0 Å². The molecular weight excluding hydrogens is 156 g/mol. The molecule has 1 atom stereocenters. The Labute approximate surface area is 65.9 Å². The molecular formula is C6H12ClO3. The summed E-state index contributed by atoms with van der Waals surface area (Å²) in [6.07, 6.45) is 0. The maximum Gasteiger partial charge on any atom is 0.154 e. The second kappa shape index (κ2) is 7.28. The molecule has 0 rings (SSSR count). The zero-order chi connectivity index (χ0) is 7.82. The predicted molar refractivity (Wildman–Crippen MR) is 37.6 cm³/mol. The molecule has 0 aliphatic rings. The number of ether oxygens (including phenoxy) is 2. The van der Waals surface area contributed by atoms with Gasteiger partial charge in [-0.3, -0.25) is 0 Å². The third-order valence-corrected chi connectivity index (χ3v) is 1.08. The van der Waals surface area contributed by atoms with Gasteiger partial charge in [-0.05, 0) is 6.92 Å². The molecule has 0 amide bonds. The fraction of sp³-hybridized carbons (Fsp3) is 1.00. The van der Waals surface area contributed by atoms with Gasteiger partial charge in [-0.2, -0.15) is 0 Å². The summed E-state index contributed by atoms with van der Waals surface area (Å²) in [6.45, 7) is 2.68. The summed E-state index contributed by atoms with van der Waals surface area (Å²) in [6, 6.07) is 0. The zero-order valence-corrected chi connectivity index (χ0v) is 6.76. The van der Waals surface area contributed by atoms with Gasteiger partial charge in [0.15, 0.2) is 5.56 Å². The van der Waals surface area contributed by atoms with Crippen molar-refractivity contribution < 1.29 is 14.6 Å². The van der Waals surface area contributed by atoms with Crippen molar-refractivity contribution in [3.05, 3.63) is 0 Å². The summed E-state index contributed by atoms with van der Waals surface area (Å²) in [5.74, 6) is 0. The highest BCUT2D eigenvalue weighted by atomic mass is 35.5. The summed E-state index contributed by atoms with van der Waals surface area (Å²) in [5, 5.41) is 9.86. The van der Waals surface area contributed by atoms with E-state index in [4.69, 9.17) is 21.1 Å². The van der Waals surface area contributed by atoms with Gasteiger partial charge in [-0.25, -0.2) is 5.11 Å². The van der Waals surface area contributed by atoms with Crippen molar-refractivity contribution >= 4 is 11.6 Å². The molecule has 0 bridgehead atoms. The fourth-order valence-electron chi connectivity index (χ4n) is 0.464. The molecule has 0 heterocycles. The van der Waals surface area contributed by atoms with E-state index in [1.807, 2.05) is 6.92 Å². The maximum atomic E-state index is 9.86. The quantitative estimate of drug-likeness (QED) is 0.438. The van der Waals surface area contributed by atoms with E-state index in [9.17, 15) is 5.11 Å². The van der Waals surface area contributed by atoms with Gasteiger partial charge in [0.25, 0.3) is 0 Å². The summed E-state index contributed by atoms with van der Waals surface area (Å²) in [4.78, 5) is 0. The van der Waals surface area contributed by atoms with E-state index in [0.29, 0.717) is 6.61 Å². The van der Waals surface area contributed by atoms with Crippen LogP contribution in [0.25, 0.3) is 0 Å². The first-order chi connectivity index (χ1) is 4.81. The molecule has 0 saturated heterocycles. The average Bonchev–Trinajstić information content (AvgIpc) is 1.89. The monoisotopic (exact) mass is 167 g/mol. The molecule has 0 spiro atoms. The van der Waals surface area contributed by atoms with Gasteiger partial charge in [0.2, 0.25) is 0 Å². The smallest absolute Gasteiger partial charge is 0.154 e. The van der Waals surface area contributed by atoms with Crippen LogP contribution in [-0.2, 0) is 14.6 Å². The third kappa shape index (κ3) is 6.29. The van der Waals surface area contributed by atoms with E-state index in [1.165, 1.54) is 0 Å². The van der Waals surface area contributed by atoms with Gasteiger partial charge in [-0.15, -0.1) is 0 Å². The second-order valence-electron chi connectivity index (χ2n) is 1.64. The van der Waals surface area contributed by atoms with E-state index in [-0.39, 0.29) is 19.8 Å². The number of rotatable bonds is 6. The Morgan fingerprint density at radius 3 is 2.80 bits per heavy atom. The van der Waals surface area contributed by atoms with Crippen molar-refractivity contribution in [3.63, 3.8) is 0 Å². The number of hydrogen-bond acceptors (Lipinski definition) is 2. The standard InChI is InChI=1S/C6H12ClO3/c1-2-10-6(7)5-9-4-3-8/h6H,2-5H2,1H3. The minimum absolute atomic E-state index is 0.205. The lowest BCUT2D eigenvalue weighted by Gasteiger charge is -2.08. The topological polar surface area (TPSA) is 38.4 Å². The minimum atomic E-state index is -0.420. The minimum Gasteiger partial charge on any atom is -0.375 e. The van der Waals surface area contributed by atoms with Crippen LogP contribution < -0.4 is 0 Å². The summed E-state index contributed by atoms with van der Waals surface area (Å²) >= 11 is 5.57. The van der Waals surface area contributed by atoms with Crippen molar-refractivity contribution in [3.8, 4) is 0 Å². The molecule has 0 aromatic heterocycles. The van der Waals surface area contributed by atoms with Crippen LogP contribution in [0.3, 0.4) is 0 Å². The normalized spacial score (nSPS) is 13.5. The summed E-state index contributed by atoms with van der Waals surface area (Å²) in [5.41, 5.74) is -0.420. The summed E-state index contributed by atoms with van der Waals surface area (Å²) < 4.78 is 9.75. The van der Waals surface area contributed by atoms with Crippen LogP contribution in [0.2, 0.25) is 0 Å². The Hall–Kier alpha value is 0.170. The molecule has 10 heavy (non-hydrogen) atoms. The van der Waals surface area contributed by atoms with Gasteiger partial charge in [-0.1, -0.05) is 11.6 Å². The number of alkyl halides is 1. The molecule has 61 valence electrons. The molecule has 0 saturated carbocycles. The predicted octanol–water partition coefficient (Wildman–Crippen LogP) is 1.03. The summed E-state index contributed by atoms with van der Waals surface area (Å²) in [7, 11) is 0. The van der Waals surface area contributed by atoms with E-state index in [2.05, 4.69) is 0 Å². The molecule has 3 nitrogen and oxygen atoms in total. The van der Waals surface area contributed by atoms with Crippen LogP contribution in [0.4, 0.5) is 0 Å². The van der Waals surface area contributed by atoms with Crippen molar-refractivity contribution in [1.82, 2.24) is 0 Å². The zero-order valence-electron chi connectivity index (χ0n) is 6.01. The van der Waals surface area contributed by atoms with Gasteiger partial charge < -0.3 is 9.47 Å². The number of hydrogen-bond donors (Lipinski definition) is 0. The highest BCUT2D eigenvalue weighted by Crippen LogP contribution is 1.97. The first kappa shape index (κ1) is 10.2. The highest BCUT2D eigenvalue weighted by molar-refractivity contribution is 6.19. The van der Waals surface area contributed by atoms with Gasteiger partial charge in [0.1, 0.15) is 6.61 Å². The Morgan fingerprint density at radius 2 is 2.30 bits per heavy atom. The van der Waals surface area contributed by atoms with Crippen molar-refractivity contribution in [2.45, 2.75) is 12.5 Å². The first-order valence-electron chi connectivity index (χ1n) is 3.22. The van der Waals surface area contributed by atoms with Crippen molar-refractivity contribution in [2.75, 3.05) is 26.4 Å². The van der Waals surface area contributed by atoms with Gasteiger partial charge >= 0.3 is 0 Å². The average molecular weight is 168 g/mol. The lowest BCUT2D eigenvalue weighted by atomic mass is 10.7. The van der Waals surface area contributed by atoms with E-state index >= 15 is 0 Å². The van der Waals surface area contributed by atoms with Gasteiger partial charge in [0.05, 0.1) is 13.2 Å². The molecule has 1 radical (unpaired) electrons. The van der Waals surface area contributed by atoms with Crippen LogP contribution >= 0.6 is 11.6 Å². The maximum absolute atomic E-state index is 9.86. The van der Waals surface area contributed by atoms with Gasteiger partial charge in [0, 0.05) is 6.61 Å². The van der Waals surface area contributed by atoms with Crippen LogP contribution in [-0.4, -0.2) is 32.0 Å². The SMILES string of the molecule is CCOC(Cl)COCC[O]. The number of halogens is 1. The largest absolute Gasteiger partial charge is 0.375 e. The van der Waals surface area contributed by atoms with Crippen LogP contribution in [0, 0.1) is 0 Å². The first-order valence-corrected chi connectivity index (χ1v) is 3.66. The van der Waals surface area contributed by atoms with Crippen LogP contribution in [0.15, 0.2) is 0 Å². The Bertz CT molecular complexity index is 70.0. The van der Waals surface area contributed by atoms with Crippen molar-refractivity contribution in [2.24, 2.45) is 0 Å². The molecule has 0 N–H and O–H groups in total. The Balaban J connectivity index is 2.97. The molecule has 0 fully saturated rings. The Kier molecular flexibility index (Phi) is 7.40. The molecule has 1 unspecified atom stereocenters. The van der Waals surface area contributed by atoms with E-state index in [1.54, 1.807) is 0 Å². The molecule has 0 aromatic rings. The fourth-order valence-corrected chi connectivity index (χ4v) is 0.679. The second-order valence-corrected chi connectivity index (χ2v) is 2.13. The van der Waals surface area contributed by atoms with Crippen LogP contribution in [0.5, 0.6) is 0 Å². The van der Waals surface area contributed by atoms with E-state index < -0.39 is 5.56 Å². The van der Waals surface area contributed by atoms with E-state index in [0.717, 1.165) is 0 Å². The molecule has 4 heteroatoms. The molecule has 0 aromatic carbocycles. The Morgan fingerprint density at radius 1 is 1.60 bits per heavy atom. The lowest BCUT2D eigenvalue weighted by molar-refractivity contribution is 0.00809. The molecule has 0 aliphatic heterocycles. The molecule has 0 aliphatic carbocycles. The third-order valence-electron chi connectivity index (χ3n) is 0.824.